The number of carbonyl (C=O) groups is 4. The van der Waals surface area contributed by atoms with Crippen molar-refractivity contribution in [1.29, 1.82) is 0 Å². The Morgan fingerprint density at radius 2 is 1.39 bits per heavy atom. The van der Waals surface area contributed by atoms with E-state index in [1.54, 1.807) is 36.4 Å². The second-order valence-electron chi connectivity index (χ2n) is 14.2. The van der Waals surface area contributed by atoms with Crippen LogP contribution in [-0.2, 0) is 22.7 Å². The monoisotopic (exact) mass is 737 g/mol. The standard InChI is InChI=1S/C37H47N13O4/c1-4-49-31-25(22(3)46-49)8-6-5-7-15-50-30(18-21(2)45-50)34(53)43-36-41-26-19-23(32(38)51)9-11-28(26)47(36)16-13-40-14-17-48-29-12-10-24(33(39)52)20-27(29)42-37(48)44-35(31)54/h9-12,19-20,25,30-31,40H,4-8,13-18H2,1-3H3,(H2,38,51)(H2,39,52)(H,41,43,53)(H,42,44,54). The molecule has 0 saturated heterocycles. The molecule has 0 spiro atoms. The van der Waals surface area contributed by atoms with Crippen LogP contribution in [0.1, 0.15) is 73.6 Å². The number of likely N-dealkylation sites (N-methyl/N-ethyl adjacent to an activating group) is 1. The minimum Gasteiger partial charge on any atom is -0.366 e. The van der Waals surface area contributed by atoms with Crippen LogP contribution < -0.4 is 27.4 Å². The molecule has 3 aliphatic heterocycles. The van der Waals surface area contributed by atoms with Crippen molar-refractivity contribution in [3.8, 4) is 0 Å². The summed E-state index contributed by atoms with van der Waals surface area (Å²) in [6.07, 6.45) is 3.84. The smallest absolute Gasteiger partial charge is 0.251 e. The summed E-state index contributed by atoms with van der Waals surface area (Å²) in [7, 11) is 0. The molecule has 0 bridgehead atoms. The number of hydrogen-bond donors (Lipinski definition) is 5. The summed E-state index contributed by atoms with van der Waals surface area (Å²) < 4.78 is 3.83. The first-order valence-corrected chi connectivity index (χ1v) is 18.6. The molecule has 5 heterocycles. The Kier molecular flexibility index (Phi) is 10.3. The summed E-state index contributed by atoms with van der Waals surface area (Å²) in [6, 6.07) is 9.15. The topological polar surface area (TPSA) is 223 Å². The molecule has 284 valence electrons. The number of hydrogen-bond acceptors (Lipinski definition) is 11. The lowest BCUT2D eigenvalue weighted by Gasteiger charge is -2.26. The van der Waals surface area contributed by atoms with E-state index < -0.39 is 23.9 Å². The second kappa shape index (κ2) is 15.3. The van der Waals surface area contributed by atoms with E-state index in [0.29, 0.717) is 79.7 Å². The molecule has 2 aromatic heterocycles. The van der Waals surface area contributed by atoms with Crippen LogP contribution in [0.2, 0.25) is 0 Å². The van der Waals surface area contributed by atoms with Crippen LogP contribution in [-0.4, -0.2) is 102 Å². The lowest BCUT2D eigenvalue weighted by molar-refractivity contribution is -0.122. The normalized spacial score (nSPS) is 21.9. The second-order valence-corrected chi connectivity index (χ2v) is 14.2. The lowest BCUT2D eigenvalue weighted by atomic mass is 9.90. The summed E-state index contributed by atoms with van der Waals surface area (Å²) in [4.78, 5) is 61.5. The number of nitrogens with one attached hydrogen (secondary N) is 3. The summed E-state index contributed by atoms with van der Waals surface area (Å²) in [5, 5.41) is 22.8. The highest BCUT2D eigenvalue weighted by Gasteiger charge is 2.40. The Bertz CT molecular complexity index is 2190. The van der Waals surface area contributed by atoms with Gasteiger partial charge in [0.25, 0.3) is 11.8 Å². The number of fused-ring (bicyclic) bond motifs is 8. The van der Waals surface area contributed by atoms with Gasteiger partial charge in [0.15, 0.2) is 0 Å². The first kappa shape index (κ1) is 36.5. The van der Waals surface area contributed by atoms with Gasteiger partial charge in [-0.15, -0.1) is 0 Å². The average molecular weight is 738 g/mol. The molecule has 4 aromatic rings. The number of amides is 4. The molecule has 2 aromatic carbocycles. The van der Waals surface area contributed by atoms with E-state index in [0.717, 1.165) is 48.1 Å². The molecule has 0 aliphatic carbocycles. The highest BCUT2D eigenvalue weighted by Crippen LogP contribution is 2.30. The van der Waals surface area contributed by atoms with Crippen LogP contribution >= 0.6 is 0 Å². The summed E-state index contributed by atoms with van der Waals surface area (Å²) in [5.41, 5.74) is 16.2. The summed E-state index contributed by atoms with van der Waals surface area (Å²) in [5.74, 6) is -0.872. The fraction of sp³-hybridized carbons (Fsp3) is 0.459. The number of nitrogens with two attached hydrogens (primary N) is 2. The third-order valence-electron chi connectivity index (χ3n) is 10.5. The van der Waals surface area contributed by atoms with Crippen molar-refractivity contribution < 1.29 is 19.2 Å². The van der Waals surface area contributed by atoms with Crippen LogP contribution in [0.4, 0.5) is 11.9 Å². The van der Waals surface area contributed by atoms with Crippen LogP contribution in [0.3, 0.4) is 0 Å². The van der Waals surface area contributed by atoms with E-state index in [4.69, 9.17) is 31.6 Å². The first-order chi connectivity index (χ1) is 26.0. The molecule has 0 radical (unpaired) electrons. The third-order valence-corrected chi connectivity index (χ3v) is 10.5. The maximum absolute atomic E-state index is 14.2. The SMILES string of the molecule is CCN1N=C(C)C2CCCCCN3N=C(C)CC3C(=O)Nc3nc4cc(C(N)=O)ccc4n3CCNCCn3c(nc4cc(C(N)=O)ccc43)NC(=O)C21. The minimum atomic E-state index is -0.564. The van der Waals surface area contributed by atoms with Crippen LogP contribution in [0.25, 0.3) is 22.1 Å². The van der Waals surface area contributed by atoms with Crippen LogP contribution in [0, 0.1) is 5.92 Å². The van der Waals surface area contributed by atoms with E-state index in [9.17, 15) is 19.2 Å². The zero-order valence-corrected chi connectivity index (χ0v) is 30.8. The van der Waals surface area contributed by atoms with Crippen molar-refractivity contribution in [3.05, 3.63) is 47.5 Å². The van der Waals surface area contributed by atoms with Gasteiger partial charge in [-0.2, -0.15) is 10.2 Å². The molecule has 17 nitrogen and oxygen atoms in total. The fourth-order valence-electron chi connectivity index (χ4n) is 7.79. The zero-order chi connectivity index (χ0) is 38.1. The molecule has 7 N–H and O–H groups in total. The van der Waals surface area contributed by atoms with Gasteiger partial charge >= 0.3 is 0 Å². The average Bonchev–Trinajstić information content (AvgIpc) is 3.88. The predicted octanol–water partition coefficient (Wildman–Crippen LogP) is 2.47. The van der Waals surface area contributed by atoms with Gasteiger partial charge in [-0.05, 0) is 70.0 Å². The quantitative estimate of drug-likeness (QED) is 0.208. The summed E-state index contributed by atoms with van der Waals surface area (Å²) in [6.45, 7) is 8.95. The van der Waals surface area contributed by atoms with Gasteiger partial charge in [-0.3, -0.25) is 39.8 Å². The number of hydrazone groups is 2. The Balaban J connectivity index is 1.20. The van der Waals surface area contributed by atoms with Crippen molar-refractivity contribution in [2.75, 3.05) is 36.8 Å². The molecule has 0 saturated carbocycles. The maximum Gasteiger partial charge on any atom is 0.251 e. The van der Waals surface area contributed by atoms with Gasteiger partial charge in [0.1, 0.15) is 12.1 Å². The Labute approximate surface area is 312 Å². The highest BCUT2D eigenvalue weighted by molar-refractivity contribution is 6.02. The van der Waals surface area contributed by atoms with Gasteiger partial charge in [0.05, 0.1) is 22.1 Å². The molecule has 4 amide bonds. The molecule has 17 heteroatoms. The number of rotatable bonds is 3. The Morgan fingerprint density at radius 1 is 0.796 bits per heavy atom. The van der Waals surface area contributed by atoms with Crippen molar-refractivity contribution >= 4 is 69.0 Å². The number of aromatic nitrogens is 4. The number of anilines is 2. The number of imidazole rings is 2. The molecular weight excluding hydrogens is 690 g/mol. The molecule has 3 unspecified atom stereocenters. The van der Waals surface area contributed by atoms with Crippen molar-refractivity contribution in [1.82, 2.24) is 34.4 Å². The van der Waals surface area contributed by atoms with E-state index >= 15 is 0 Å². The van der Waals surface area contributed by atoms with Crippen LogP contribution in [0.15, 0.2) is 46.6 Å². The minimum absolute atomic E-state index is 0.0762. The molecule has 0 fully saturated rings. The Hall–Kier alpha value is -5.84. The Morgan fingerprint density at radius 3 is 1.96 bits per heavy atom. The van der Waals surface area contributed by atoms with Gasteiger partial charge in [-0.1, -0.05) is 12.8 Å². The predicted molar refractivity (Wildman–Crippen MR) is 206 cm³/mol. The van der Waals surface area contributed by atoms with E-state index in [2.05, 4.69) is 16.0 Å². The number of benzene rings is 2. The van der Waals surface area contributed by atoms with Crippen LogP contribution in [0.5, 0.6) is 0 Å². The summed E-state index contributed by atoms with van der Waals surface area (Å²) >= 11 is 0. The van der Waals surface area contributed by atoms with E-state index in [1.807, 2.05) is 39.9 Å². The first-order valence-electron chi connectivity index (χ1n) is 18.6. The zero-order valence-electron chi connectivity index (χ0n) is 30.8. The van der Waals surface area contributed by atoms with Crippen molar-refractivity contribution in [3.63, 3.8) is 0 Å². The van der Waals surface area contributed by atoms with Crippen molar-refractivity contribution in [2.24, 2.45) is 27.6 Å². The lowest BCUT2D eigenvalue weighted by Crippen LogP contribution is -2.44. The van der Waals surface area contributed by atoms with Crippen molar-refractivity contribution in [2.45, 2.75) is 78.0 Å². The molecule has 54 heavy (non-hydrogen) atoms. The fourth-order valence-corrected chi connectivity index (χ4v) is 7.79. The van der Waals surface area contributed by atoms with Gasteiger partial charge in [0.2, 0.25) is 23.7 Å². The molecule has 3 atom stereocenters. The van der Waals surface area contributed by atoms with E-state index in [-0.39, 0.29) is 17.7 Å². The highest BCUT2D eigenvalue weighted by atomic mass is 16.2. The molecule has 3 aliphatic rings. The number of primary amides is 2. The van der Waals surface area contributed by atoms with Gasteiger partial charge in [0, 0.05) is 74.2 Å². The maximum atomic E-state index is 14.2. The van der Waals surface area contributed by atoms with Gasteiger partial charge in [-0.25, -0.2) is 9.97 Å². The molecule has 7 rings (SSSR count). The van der Waals surface area contributed by atoms with E-state index in [1.165, 1.54) is 0 Å². The molecular formula is C37H47N13O4. The largest absolute Gasteiger partial charge is 0.366 e. The third kappa shape index (κ3) is 7.22. The number of carbonyl (C=O) groups excluding carboxylic acids is 4. The van der Waals surface area contributed by atoms with Gasteiger partial charge < -0.3 is 25.9 Å². The number of nitrogens with zero attached hydrogens (tertiary/aromatic N) is 8.